The Morgan fingerprint density at radius 3 is 2.31 bits per heavy atom. The van der Waals surface area contributed by atoms with Crippen LogP contribution in [0.2, 0.25) is 0 Å². The maximum atomic E-state index is 13.3. The Labute approximate surface area is 254 Å². The molecule has 1 aromatic heterocycles. The highest BCUT2D eigenvalue weighted by atomic mass is 19.4. The molecule has 0 spiro atoms. The Morgan fingerprint density at radius 1 is 1.00 bits per heavy atom. The fourth-order valence-electron chi connectivity index (χ4n) is 5.86. The van der Waals surface area contributed by atoms with Crippen molar-refractivity contribution in [1.29, 1.82) is 0 Å². The van der Waals surface area contributed by atoms with Gasteiger partial charge in [-0.15, -0.1) is 0 Å². The van der Waals surface area contributed by atoms with E-state index in [1.54, 1.807) is 11.8 Å². The van der Waals surface area contributed by atoms with Crippen LogP contribution in [0.5, 0.6) is 0 Å². The summed E-state index contributed by atoms with van der Waals surface area (Å²) in [6, 6.07) is 6.16. The van der Waals surface area contributed by atoms with Gasteiger partial charge >= 0.3 is 12.4 Å². The first kappa shape index (κ1) is 32.5. The van der Waals surface area contributed by atoms with E-state index in [9.17, 15) is 41.3 Å². The molecule has 0 bridgehead atoms. The van der Waals surface area contributed by atoms with Crippen molar-refractivity contribution in [2.24, 2.45) is 0 Å². The van der Waals surface area contributed by atoms with E-state index in [4.69, 9.17) is 9.15 Å². The Bertz CT molecular complexity index is 1540. The third kappa shape index (κ3) is 7.69. The first-order valence-electron chi connectivity index (χ1n) is 14.5. The summed E-state index contributed by atoms with van der Waals surface area (Å²) >= 11 is 0. The highest BCUT2D eigenvalue weighted by molar-refractivity contribution is 5.83. The van der Waals surface area contributed by atoms with Crippen molar-refractivity contribution in [3.8, 4) is 0 Å². The predicted molar refractivity (Wildman–Crippen MR) is 152 cm³/mol. The molecule has 2 aromatic carbocycles. The lowest BCUT2D eigenvalue weighted by Crippen LogP contribution is -2.49. The molecular formula is C30H32F6N4O5. The maximum absolute atomic E-state index is 13.3. The van der Waals surface area contributed by atoms with E-state index >= 15 is 0 Å². The van der Waals surface area contributed by atoms with Crippen LogP contribution in [0.3, 0.4) is 0 Å². The normalized spacial score (nSPS) is 20.0. The molecule has 5 rings (SSSR count). The van der Waals surface area contributed by atoms with Crippen LogP contribution in [0.1, 0.15) is 48.1 Å². The number of nitro benzene ring substituents is 1. The standard InChI is InChI=1S/C30H32F6N4O5/c1-18-23-14-19(29(31,32)33)2-9-26(23)45-27(18)16-38-10-12-39(13-11-38)28(41)17-44-22-6-3-20(4-7-22)37-21-5-8-25(40(42)43)24(15-21)30(34,35)36/h2,5,8-9,14-15,20,22,37H,3-4,6-7,10-13,16-17H2,1H3/t20-,22-. The fraction of sp³-hybridized carbons (Fsp3) is 0.500. The molecule has 0 atom stereocenters. The summed E-state index contributed by atoms with van der Waals surface area (Å²) in [7, 11) is 0. The van der Waals surface area contributed by atoms with E-state index in [0.717, 1.165) is 24.3 Å². The van der Waals surface area contributed by atoms with E-state index < -0.39 is 34.1 Å². The zero-order chi connectivity index (χ0) is 32.5. The molecule has 45 heavy (non-hydrogen) atoms. The van der Waals surface area contributed by atoms with E-state index in [1.165, 1.54) is 12.1 Å². The lowest BCUT2D eigenvalue weighted by atomic mass is 9.92. The average Bonchev–Trinajstić information content (AvgIpc) is 3.30. The summed E-state index contributed by atoms with van der Waals surface area (Å²) in [5, 5.41) is 14.4. The first-order valence-corrected chi connectivity index (χ1v) is 14.5. The molecule has 2 aliphatic rings. The van der Waals surface area contributed by atoms with Crippen LogP contribution in [0.25, 0.3) is 11.0 Å². The highest BCUT2D eigenvalue weighted by Crippen LogP contribution is 2.38. The summed E-state index contributed by atoms with van der Waals surface area (Å²) < 4.78 is 90.9. The van der Waals surface area contributed by atoms with Gasteiger partial charge < -0.3 is 19.4 Å². The molecule has 9 nitrogen and oxygen atoms in total. The number of hydrogen-bond acceptors (Lipinski definition) is 7. The molecule has 0 radical (unpaired) electrons. The van der Waals surface area contributed by atoms with Crippen LogP contribution in [0.15, 0.2) is 40.8 Å². The number of aryl methyl sites for hydroxylation is 1. The van der Waals surface area contributed by atoms with Crippen molar-refractivity contribution < 1.29 is 45.2 Å². The summed E-state index contributed by atoms with van der Waals surface area (Å²) in [6.07, 6.45) is -7.09. The number of carbonyl (C=O) groups excluding carboxylic acids is 1. The zero-order valence-corrected chi connectivity index (χ0v) is 24.3. The number of furan rings is 1. The van der Waals surface area contributed by atoms with Gasteiger partial charge in [0.1, 0.15) is 23.5 Å². The quantitative estimate of drug-likeness (QED) is 0.164. The van der Waals surface area contributed by atoms with Gasteiger partial charge in [0.25, 0.3) is 5.69 Å². The number of piperazine rings is 1. The third-order valence-corrected chi connectivity index (χ3v) is 8.44. The molecule has 15 heteroatoms. The largest absolute Gasteiger partial charge is 0.459 e. The van der Waals surface area contributed by atoms with Crippen molar-refractivity contribution >= 4 is 28.3 Å². The fourth-order valence-corrected chi connectivity index (χ4v) is 5.86. The van der Waals surface area contributed by atoms with Gasteiger partial charge in [-0.1, -0.05) is 0 Å². The Kier molecular flexibility index (Phi) is 9.31. The van der Waals surface area contributed by atoms with E-state index in [2.05, 4.69) is 10.2 Å². The van der Waals surface area contributed by atoms with Crippen LogP contribution < -0.4 is 5.32 Å². The van der Waals surface area contributed by atoms with Crippen LogP contribution in [-0.4, -0.2) is 65.6 Å². The number of nitrogens with one attached hydrogen (secondary N) is 1. The third-order valence-electron chi connectivity index (χ3n) is 8.44. The number of halogens is 6. The van der Waals surface area contributed by atoms with Gasteiger partial charge in [0.05, 0.1) is 23.1 Å². The average molecular weight is 643 g/mol. The van der Waals surface area contributed by atoms with Crippen LogP contribution in [0, 0.1) is 17.0 Å². The number of nitro groups is 1. The van der Waals surface area contributed by atoms with Gasteiger partial charge in [-0.3, -0.25) is 19.8 Å². The van der Waals surface area contributed by atoms with Crippen molar-refractivity contribution in [3.63, 3.8) is 0 Å². The molecule has 1 aliphatic heterocycles. The maximum Gasteiger partial charge on any atom is 0.423 e. The number of carbonyl (C=O) groups is 1. The number of amides is 1. The topological polar surface area (TPSA) is 101 Å². The van der Waals surface area contributed by atoms with Crippen LogP contribution in [-0.2, 0) is 28.4 Å². The van der Waals surface area contributed by atoms with Gasteiger partial charge in [0, 0.05) is 49.4 Å². The number of ether oxygens (including phenoxy) is 1. The van der Waals surface area contributed by atoms with E-state index in [1.807, 2.05) is 0 Å². The SMILES string of the molecule is Cc1c(CN2CCN(C(=O)CO[C@H]3CC[C@H](Nc4ccc([N+](=O)[O-])c(C(F)(F)F)c4)CC3)CC2)oc2ccc(C(F)(F)F)cc12. The smallest absolute Gasteiger partial charge is 0.423 e. The van der Waals surface area contributed by atoms with Crippen LogP contribution in [0.4, 0.5) is 37.7 Å². The Balaban J connectivity index is 1.05. The minimum absolute atomic E-state index is 0.0930. The minimum atomic E-state index is -4.86. The van der Waals surface area contributed by atoms with Gasteiger partial charge in [0.15, 0.2) is 0 Å². The number of nitrogens with zero attached hydrogens (tertiary/aromatic N) is 3. The Morgan fingerprint density at radius 2 is 1.69 bits per heavy atom. The summed E-state index contributed by atoms with van der Waals surface area (Å²) in [6.45, 7) is 4.11. The molecule has 1 aliphatic carbocycles. The van der Waals surface area contributed by atoms with Gasteiger partial charge in [0.2, 0.25) is 5.91 Å². The molecule has 244 valence electrons. The lowest BCUT2D eigenvalue weighted by molar-refractivity contribution is -0.388. The Hall–Kier alpha value is -3.85. The monoisotopic (exact) mass is 642 g/mol. The van der Waals surface area contributed by atoms with E-state index in [-0.39, 0.29) is 30.3 Å². The van der Waals surface area contributed by atoms with E-state index in [0.29, 0.717) is 80.7 Å². The molecule has 0 unspecified atom stereocenters. The molecule has 1 N–H and O–H groups in total. The minimum Gasteiger partial charge on any atom is -0.459 e. The van der Waals surface area contributed by atoms with Gasteiger partial charge in [-0.25, -0.2) is 0 Å². The highest BCUT2D eigenvalue weighted by Gasteiger charge is 2.39. The number of alkyl halides is 6. The lowest BCUT2D eigenvalue weighted by Gasteiger charge is -2.35. The van der Waals surface area contributed by atoms with Gasteiger partial charge in [-0.2, -0.15) is 26.3 Å². The molecule has 1 saturated heterocycles. The molecule has 2 fully saturated rings. The number of hydrogen-bond donors (Lipinski definition) is 1. The van der Waals surface area contributed by atoms with Crippen LogP contribution >= 0.6 is 0 Å². The predicted octanol–water partition coefficient (Wildman–Crippen LogP) is 6.77. The van der Waals surface area contributed by atoms with Crippen molar-refractivity contribution in [3.05, 3.63) is 69.0 Å². The summed E-state index contributed by atoms with van der Waals surface area (Å²) in [4.78, 5) is 26.5. The van der Waals surface area contributed by atoms with Crippen molar-refractivity contribution in [2.75, 3.05) is 38.1 Å². The first-order chi connectivity index (χ1) is 21.2. The number of benzene rings is 2. The molecule has 2 heterocycles. The number of rotatable bonds is 8. The summed E-state index contributed by atoms with van der Waals surface area (Å²) in [5.74, 6) is 0.437. The molecule has 3 aromatic rings. The second kappa shape index (κ2) is 12.9. The van der Waals surface area contributed by atoms with Crippen molar-refractivity contribution in [1.82, 2.24) is 9.80 Å². The molecular weight excluding hydrogens is 610 g/mol. The summed E-state index contributed by atoms with van der Waals surface area (Å²) in [5.41, 5.74) is -1.82. The molecule has 1 saturated carbocycles. The zero-order valence-electron chi connectivity index (χ0n) is 24.3. The van der Waals surface area contributed by atoms with Crippen molar-refractivity contribution in [2.45, 2.75) is 63.7 Å². The molecule has 1 amide bonds. The number of fused-ring (bicyclic) bond motifs is 1. The second-order valence-electron chi connectivity index (χ2n) is 11.4. The second-order valence-corrected chi connectivity index (χ2v) is 11.4. The van der Waals surface area contributed by atoms with Gasteiger partial charge in [-0.05, 0) is 68.5 Å². The number of anilines is 1.